The lowest BCUT2D eigenvalue weighted by Crippen LogP contribution is -2.22. The van der Waals surface area contributed by atoms with Crippen molar-refractivity contribution in [3.8, 4) is 6.07 Å². The summed E-state index contributed by atoms with van der Waals surface area (Å²) in [5, 5.41) is 21.9. The van der Waals surface area contributed by atoms with Crippen molar-refractivity contribution in [2.75, 3.05) is 11.2 Å². The maximum Gasteiger partial charge on any atom is 0.294 e. The highest BCUT2D eigenvalue weighted by molar-refractivity contribution is 6.19. The lowest BCUT2D eigenvalue weighted by Gasteiger charge is -2.09. The third-order valence-electron chi connectivity index (χ3n) is 2.26. The molecular weight excluding hydrogens is 258 g/mol. The molecule has 0 heterocycles. The molecule has 1 aromatic rings. The molecule has 0 aliphatic heterocycles. The van der Waals surface area contributed by atoms with Gasteiger partial charge in [0.25, 0.3) is 5.69 Å². The number of benzene rings is 1. The largest absolute Gasteiger partial charge is 0.320 e. The molecule has 0 spiro atoms. The van der Waals surface area contributed by atoms with Crippen molar-refractivity contribution in [2.24, 2.45) is 5.92 Å². The van der Waals surface area contributed by atoms with Gasteiger partial charge in [0.05, 0.1) is 16.6 Å². The molecule has 0 aliphatic carbocycles. The molecule has 1 N–H and O–H groups in total. The van der Waals surface area contributed by atoms with Crippen molar-refractivity contribution in [1.29, 1.82) is 5.26 Å². The maximum atomic E-state index is 11.6. The summed E-state index contributed by atoms with van der Waals surface area (Å²) >= 11 is 5.53. The van der Waals surface area contributed by atoms with Gasteiger partial charge in [-0.3, -0.25) is 14.9 Å². The molecule has 0 saturated heterocycles. The molecule has 0 aromatic heterocycles. The molecule has 1 aromatic carbocycles. The van der Waals surface area contributed by atoms with Gasteiger partial charge in [-0.05, 0) is 12.1 Å². The van der Waals surface area contributed by atoms with Crippen LogP contribution in [0.15, 0.2) is 18.2 Å². The lowest BCUT2D eigenvalue weighted by atomic mass is 10.1. The minimum atomic E-state index is -0.651. The second kappa shape index (κ2) is 5.98. The fourth-order valence-corrected chi connectivity index (χ4v) is 1.32. The molecular formula is C11H10ClN3O3. The number of hydrogen-bond acceptors (Lipinski definition) is 4. The minimum absolute atomic E-state index is 0.0565. The summed E-state index contributed by atoms with van der Waals surface area (Å²) in [6.07, 6.45) is 0. The zero-order chi connectivity index (χ0) is 13.7. The third-order valence-corrected chi connectivity index (χ3v) is 2.72. The first-order valence-electron chi connectivity index (χ1n) is 5.05. The fourth-order valence-electron chi connectivity index (χ4n) is 1.18. The first-order chi connectivity index (χ1) is 8.49. The van der Waals surface area contributed by atoms with E-state index in [0.717, 1.165) is 6.07 Å². The monoisotopic (exact) mass is 267 g/mol. The predicted octanol–water partition coefficient (Wildman–Crippen LogP) is 2.28. The number of nitriles is 1. The summed E-state index contributed by atoms with van der Waals surface area (Å²) in [5.74, 6) is -0.740. The Morgan fingerprint density at radius 2 is 2.33 bits per heavy atom. The van der Waals surface area contributed by atoms with Crippen LogP contribution in [0.5, 0.6) is 0 Å². The van der Waals surface area contributed by atoms with Crippen LogP contribution in [0.1, 0.15) is 12.5 Å². The Hall–Kier alpha value is -2.13. The van der Waals surface area contributed by atoms with Crippen LogP contribution in [0.25, 0.3) is 0 Å². The van der Waals surface area contributed by atoms with Crippen LogP contribution in [-0.4, -0.2) is 16.7 Å². The van der Waals surface area contributed by atoms with Crippen LogP contribution < -0.4 is 5.32 Å². The highest BCUT2D eigenvalue weighted by Crippen LogP contribution is 2.25. The van der Waals surface area contributed by atoms with Crippen molar-refractivity contribution in [2.45, 2.75) is 6.92 Å². The Kier molecular flexibility index (Phi) is 4.63. The molecule has 0 radical (unpaired) electrons. The van der Waals surface area contributed by atoms with Gasteiger partial charge in [-0.25, -0.2) is 0 Å². The van der Waals surface area contributed by atoms with Crippen LogP contribution >= 0.6 is 11.6 Å². The second-order valence-corrected chi connectivity index (χ2v) is 3.95. The average Bonchev–Trinajstić information content (AvgIpc) is 2.37. The topological polar surface area (TPSA) is 96.0 Å². The predicted molar refractivity (Wildman–Crippen MR) is 66.3 cm³/mol. The number of carbonyl (C=O) groups excluding carboxylic acids is 1. The molecule has 94 valence electrons. The summed E-state index contributed by atoms with van der Waals surface area (Å²) in [7, 11) is 0. The van der Waals surface area contributed by atoms with E-state index in [2.05, 4.69) is 5.32 Å². The number of nitrogens with one attached hydrogen (secondary N) is 1. The maximum absolute atomic E-state index is 11.6. The van der Waals surface area contributed by atoms with Gasteiger partial charge in [0, 0.05) is 17.9 Å². The highest BCUT2D eigenvalue weighted by atomic mass is 35.5. The Morgan fingerprint density at radius 1 is 1.67 bits per heavy atom. The van der Waals surface area contributed by atoms with Crippen molar-refractivity contribution in [1.82, 2.24) is 0 Å². The Labute approximate surface area is 108 Å². The van der Waals surface area contributed by atoms with Gasteiger partial charge in [-0.1, -0.05) is 6.92 Å². The van der Waals surface area contributed by atoms with E-state index in [1.54, 1.807) is 13.0 Å². The first-order valence-corrected chi connectivity index (χ1v) is 5.58. The van der Waals surface area contributed by atoms with E-state index in [4.69, 9.17) is 16.9 Å². The summed E-state index contributed by atoms with van der Waals surface area (Å²) in [4.78, 5) is 21.8. The van der Waals surface area contributed by atoms with Crippen molar-refractivity contribution < 1.29 is 9.72 Å². The number of halogens is 1. The van der Waals surface area contributed by atoms with Gasteiger partial charge in [-0.15, -0.1) is 11.6 Å². The quantitative estimate of drug-likeness (QED) is 0.514. The van der Waals surface area contributed by atoms with Crippen LogP contribution in [0.4, 0.5) is 11.4 Å². The van der Waals surface area contributed by atoms with E-state index >= 15 is 0 Å². The Bertz CT molecular complexity index is 525. The fraction of sp³-hybridized carbons (Fsp3) is 0.273. The number of nitro benzene ring substituents is 1. The number of carbonyl (C=O) groups is 1. The zero-order valence-corrected chi connectivity index (χ0v) is 10.3. The molecule has 0 saturated carbocycles. The standard InChI is InChI=1S/C11H10ClN3O3/c1-7(5-12)11(16)14-9-3-2-8(6-13)4-10(9)15(17)18/h2-4,7H,5H2,1H3,(H,14,16). The van der Waals surface area contributed by atoms with Crippen molar-refractivity contribution in [3.05, 3.63) is 33.9 Å². The zero-order valence-electron chi connectivity index (χ0n) is 9.51. The lowest BCUT2D eigenvalue weighted by molar-refractivity contribution is -0.384. The Balaban J connectivity index is 3.06. The number of nitro groups is 1. The molecule has 6 nitrogen and oxygen atoms in total. The molecule has 0 aliphatic rings. The number of alkyl halides is 1. The number of hydrogen-bond donors (Lipinski definition) is 1. The van der Waals surface area contributed by atoms with Crippen LogP contribution in [0.3, 0.4) is 0 Å². The van der Waals surface area contributed by atoms with Crippen molar-refractivity contribution >= 4 is 28.9 Å². The van der Waals surface area contributed by atoms with Crippen LogP contribution in [0, 0.1) is 27.4 Å². The molecule has 0 fully saturated rings. The number of amides is 1. The van der Waals surface area contributed by atoms with E-state index in [9.17, 15) is 14.9 Å². The Morgan fingerprint density at radius 3 is 2.83 bits per heavy atom. The van der Waals surface area contributed by atoms with Crippen LogP contribution in [-0.2, 0) is 4.79 Å². The molecule has 7 heteroatoms. The summed E-state index contributed by atoms with van der Waals surface area (Å²) in [6, 6.07) is 5.64. The summed E-state index contributed by atoms with van der Waals surface area (Å²) in [5.41, 5.74) is -0.102. The highest BCUT2D eigenvalue weighted by Gasteiger charge is 2.19. The van der Waals surface area contributed by atoms with Crippen molar-refractivity contribution in [3.63, 3.8) is 0 Å². The number of rotatable bonds is 4. The third kappa shape index (κ3) is 3.18. The van der Waals surface area contributed by atoms with E-state index in [1.165, 1.54) is 12.1 Å². The molecule has 1 atom stereocenters. The molecule has 18 heavy (non-hydrogen) atoms. The first kappa shape index (κ1) is 13.9. The molecule has 1 rings (SSSR count). The van der Waals surface area contributed by atoms with Gasteiger partial charge in [-0.2, -0.15) is 5.26 Å². The van der Waals surface area contributed by atoms with E-state index < -0.39 is 16.7 Å². The molecule has 1 unspecified atom stereocenters. The SMILES string of the molecule is CC(CCl)C(=O)Nc1ccc(C#N)cc1[N+](=O)[O-]. The van der Waals surface area contributed by atoms with Gasteiger partial charge in [0.1, 0.15) is 5.69 Å². The second-order valence-electron chi connectivity index (χ2n) is 3.65. The average molecular weight is 268 g/mol. The van der Waals surface area contributed by atoms with Gasteiger partial charge in [0.2, 0.25) is 5.91 Å². The minimum Gasteiger partial charge on any atom is -0.320 e. The number of anilines is 1. The molecule has 1 amide bonds. The van der Waals surface area contributed by atoms with Gasteiger partial charge < -0.3 is 5.32 Å². The van der Waals surface area contributed by atoms with E-state index in [1.807, 2.05) is 0 Å². The smallest absolute Gasteiger partial charge is 0.294 e. The summed E-state index contributed by atoms with van der Waals surface area (Å²) in [6.45, 7) is 1.61. The van der Waals surface area contributed by atoms with E-state index in [-0.39, 0.29) is 22.8 Å². The van der Waals surface area contributed by atoms with Crippen LogP contribution in [0.2, 0.25) is 0 Å². The molecule has 0 bridgehead atoms. The summed E-state index contributed by atoms with van der Waals surface area (Å²) < 4.78 is 0. The number of nitrogens with zero attached hydrogens (tertiary/aromatic N) is 2. The van der Waals surface area contributed by atoms with Gasteiger partial charge >= 0.3 is 0 Å². The van der Waals surface area contributed by atoms with Gasteiger partial charge in [0.15, 0.2) is 0 Å². The normalized spacial score (nSPS) is 11.4. The van der Waals surface area contributed by atoms with E-state index in [0.29, 0.717) is 0 Å².